The van der Waals surface area contributed by atoms with Crippen LogP contribution in [0.1, 0.15) is 33.6 Å². The van der Waals surface area contributed by atoms with Crippen molar-refractivity contribution in [1.82, 2.24) is 5.32 Å². The molecule has 1 amide bonds. The van der Waals surface area contributed by atoms with E-state index in [1.54, 1.807) is 13.8 Å². The summed E-state index contributed by atoms with van der Waals surface area (Å²) in [4.78, 5) is 23.0. The molecule has 4 heteroatoms. The van der Waals surface area contributed by atoms with Crippen molar-refractivity contribution in [3.63, 3.8) is 0 Å². The van der Waals surface area contributed by atoms with E-state index < -0.39 is 0 Å². The highest BCUT2D eigenvalue weighted by atomic mass is 16.5. The van der Waals surface area contributed by atoms with E-state index in [0.29, 0.717) is 13.0 Å². The lowest BCUT2D eigenvalue weighted by molar-refractivity contribution is -0.130. The van der Waals surface area contributed by atoms with Crippen LogP contribution in [0, 0.1) is 5.92 Å². The molecule has 0 aromatic rings. The molecule has 86 valence electrons. The van der Waals surface area contributed by atoms with E-state index in [2.05, 4.69) is 5.32 Å². The number of amides is 1. The van der Waals surface area contributed by atoms with Crippen molar-refractivity contribution in [2.45, 2.75) is 45.8 Å². The van der Waals surface area contributed by atoms with Gasteiger partial charge < -0.3 is 10.1 Å². The Labute approximate surface area is 90.4 Å². The van der Waals surface area contributed by atoms with E-state index >= 15 is 0 Å². The van der Waals surface area contributed by atoms with Crippen LogP contribution in [-0.4, -0.2) is 30.4 Å². The molecular weight excluding hydrogens is 194 g/mol. The molecule has 3 unspecified atom stereocenters. The van der Waals surface area contributed by atoms with Gasteiger partial charge in [0.05, 0.1) is 18.1 Å². The average molecular weight is 213 g/mol. The van der Waals surface area contributed by atoms with Crippen LogP contribution in [-0.2, 0) is 14.3 Å². The molecule has 4 nitrogen and oxygen atoms in total. The zero-order valence-corrected chi connectivity index (χ0v) is 9.58. The summed E-state index contributed by atoms with van der Waals surface area (Å²) in [5.41, 5.74) is 0. The summed E-state index contributed by atoms with van der Waals surface area (Å²) in [5, 5.41) is 2.73. The molecule has 0 aliphatic carbocycles. The van der Waals surface area contributed by atoms with Crippen LogP contribution < -0.4 is 5.32 Å². The number of ether oxygens (including phenoxy) is 1. The molecule has 0 radical (unpaired) electrons. The highest BCUT2D eigenvalue weighted by molar-refractivity contribution is 5.89. The van der Waals surface area contributed by atoms with Crippen LogP contribution in [0.5, 0.6) is 0 Å². The maximum absolute atomic E-state index is 11.7. The molecule has 1 heterocycles. The molecule has 1 aliphatic rings. The number of hydrogen-bond donors (Lipinski definition) is 1. The van der Waals surface area contributed by atoms with Gasteiger partial charge in [-0.05, 0) is 20.3 Å². The van der Waals surface area contributed by atoms with Gasteiger partial charge in [0.2, 0.25) is 5.91 Å². The second-order valence-corrected chi connectivity index (χ2v) is 4.02. The predicted molar refractivity (Wildman–Crippen MR) is 56.4 cm³/mol. The Morgan fingerprint density at radius 1 is 1.53 bits per heavy atom. The van der Waals surface area contributed by atoms with Crippen LogP contribution in [0.25, 0.3) is 0 Å². The second kappa shape index (κ2) is 5.26. The van der Waals surface area contributed by atoms with Gasteiger partial charge in [-0.1, -0.05) is 6.92 Å². The smallest absolute Gasteiger partial charge is 0.226 e. The molecule has 0 bridgehead atoms. The minimum atomic E-state index is -0.379. The Morgan fingerprint density at radius 2 is 2.20 bits per heavy atom. The largest absolute Gasteiger partial charge is 0.378 e. The molecule has 0 spiro atoms. The summed E-state index contributed by atoms with van der Waals surface area (Å²) in [7, 11) is 0. The van der Waals surface area contributed by atoms with Gasteiger partial charge in [0.15, 0.2) is 5.78 Å². The SMILES string of the molecule is CCC(=O)C(C)NC(=O)C1CCOC1C. The van der Waals surface area contributed by atoms with Crippen molar-refractivity contribution >= 4 is 11.7 Å². The Bertz CT molecular complexity index is 252. The van der Waals surface area contributed by atoms with Gasteiger partial charge in [-0.15, -0.1) is 0 Å². The fourth-order valence-electron chi connectivity index (χ4n) is 1.78. The zero-order chi connectivity index (χ0) is 11.4. The summed E-state index contributed by atoms with van der Waals surface area (Å²) >= 11 is 0. The van der Waals surface area contributed by atoms with Crippen molar-refractivity contribution in [2.24, 2.45) is 5.92 Å². The van der Waals surface area contributed by atoms with Gasteiger partial charge in [-0.2, -0.15) is 0 Å². The average Bonchev–Trinajstić information content (AvgIpc) is 2.63. The lowest BCUT2D eigenvalue weighted by atomic mass is 10.0. The standard InChI is InChI=1S/C11H19NO3/c1-4-10(13)7(2)12-11(14)9-5-6-15-8(9)3/h7-9H,4-6H2,1-3H3,(H,12,14). The van der Waals surface area contributed by atoms with Gasteiger partial charge in [0.1, 0.15) is 0 Å². The molecule has 1 saturated heterocycles. The third-order valence-corrected chi connectivity index (χ3v) is 2.90. The van der Waals surface area contributed by atoms with Gasteiger partial charge in [-0.25, -0.2) is 0 Å². The van der Waals surface area contributed by atoms with Crippen LogP contribution >= 0.6 is 0 Å². The Balaban J connectivity index is 2.44. The minimum Gasteiger partial charge on any atom is -0.378 e. The normalized spacial score (nSPS) is 27.4. The third-order valence-electron chi connectivity index (χ3n) is 2.90. The van der Waals surface area contributed by atoms with Crippen molar-refractivity contribution in [2.75, 3.05) is 6.61 Å². The summed E-state index contributed by atoms with van der Waals surface area (Å²) < 4.78 is 5.31. The first kappa shape index (κ1) is 12.2. The van der Waals surface area contributed by atoms with Crippen LogP contribution in [0.2, 0.25) is 0 Å². The first-order valence-corrected chi connectivity index (χ1v) is 5.51. The molecular formula is C11H19NO3. The van der Waals surface area contributed by atoms with Crippen molar-refractivity contribution < 1.29 is 14.3 Å². The molecule has 1 N–H and O–H groups in total. The number of hydrogen-bond acceptors (Lipinski definition) is 3. The Hall–Kier alpha value is -0.900. The Morgan fingerprint density at radius 3 is 2.67 bits per heavy atom. The van der Waals surface area contributed by atoms with Crippen molar-refractivity contribution in [1.29, 1.82) is 0 Å². The Kier molecular flexibility index (Phi) is 4.27. The van der Waals surface area contributed by atoms with Crippen LogP contribution in [0.4, 0.5) is 0 Å². The number of rotatable bonds is 4. The topological polar surface area (TPSA) is 55.4 Å². The maximum atomic E-state index is 11.7. The quantitative estimate of drug-likeness (QED) is 0.754. The van der Waals surface area contributed by atoms with Crippen LogP contribution in [0.15, 0.2) is 0 Å². The molecule has 1 fully saturated rings. The van der Waals surface area contributed by atoms with E-state index in [-0.39, 0.29) is 29.8 Å². The van der Waals surface area contributed by atoms with Gasteiger partial charge in [0.25, 0.3) is 0 Å². The lowest BCUT2D eigenvalue weighted by Gasteiger charge is -2.17. The van der Waals surface area contributed by atoms with Gasteiger partial charge >= 0.3 is 0 Å². The van der Waals surface area contributed by atoms with Crippen LogP contribution in [0.3, 0.4) is 0 Å². The first-order valence-electron chi connectivity index (χ1n) is 5.51. The minimum absolute atomic E-state index is 0.0334. The second-order valence-electron chi connectivity index (χ2n) is 4.02. The number of carbonyl (C=O) groups excluding carboxylic acids is 2. The molecule has 0 saturated carbocycles. The van der Waals surface area contributed by atoms with Gasteiger partial charge in [-0.3, -0.25) is 9.59 Å². The molecule has 3 atom stereocenters. The number of ketones is 1. The number of nitrogens with one attached hydrogen (secondary N) is 1. The maximum Gasteiger partial charge on any atom is 0.226 e. The highest BCUT2D eigenvalue weighted by Crippen LogP contribution is 2.20. The fraction of sp³-hybridized carbons (Fsp3) is 0.818. The molecule has 15 heavy (non-hydrogen) atoms. The first-order chi connectivity index (χ1) is 7.06. The van der Waals surface area contributed by atoms with Crippen molar-refractivity contribution in [3.8, 4) is 0 Å². The van der Waals surface area contributed by atoms with E-state index in [1.165, 1.54) is 0 Å². The third kappa shape index (κ3) is 3.02. The van der Waals surface area contributed by atoms with E-state index in [9.17, 15) is 9.59 Å². The summed E-state index contributed by atoms with van der Waals surface area (Å²) in [6.45, 7) is 6.05. The lowest BCUT2D eigenvalue weighted by Crippen LogP contribution is -2.43. The van der Waals surface area contributed by atoms with E-state index in [0.717, 1.165) is 6.42 Å². The summed E-state index contributed by atoms with van der Waals surface area (Å²) in [5.74, 6) is -0.0960. The fourth-order valence-corrected chi connectivity index (χ4v) is 1.78. The number of carbonyl (C=O) groups is 2. The van der Waals surface area contributed by atoms with Gasteiger partial charge in [0, 0.05) is 13.0 Å². The van der Waals surface area contributed by atoms with E-state index in [4.69, 9.17) is 4.74 Å². The highest BCUT2D eigenvalue weighted by Gasteiger charge is 2.31. The summed E-state index contributed by atoms with van der Waals surface area (Å²) in [6.07, 6.45) is 1.17. The molecule has 0 aromatic heterocycles. The summed E-state index contributed by atoms with van der Waals surface area (Å²) in [6, 6.07) is -0.379. The van der Waals surface area contributed by atoms with E-state index in [1.807, 2.05) is 6.92 Å². The predicted octanol–water partition coefficient (Wildman–Crippen LogP) is 0.895. The number of Topliss-reactive ketones (excluding diaryl/α,β-unsaturated/α-hetero) is 1. The monoisotopic (exact) mass is 213 g/mol. The van der Waals surface area contributed by atoms with Crippen molar-refractivity contribution in [3.05, 3.63) is 0 Å². The zero-order valence-electron chi connectivity index (χ0n) is 9.58. The molecule has 1 rings (SSSR count). The molecule has 0 aromatic carbocycles. The molecule has 1 aliphatic heterocycles.